The van der Waals surface area contributed by atoms with Crippen molar-refractivity contribution in [1.82, 2.24) is 0 Å². The van der Waals surface area contributed by atoms with Gasteiger partial charge in [-0.05, 0) is 19.3 Å². The third-order valence-corrected chi connectivity index (χ3v) is 6.62. The molecule has 0 amide bonds. The van der Waals surface area contributed by atoms with Crippen molar-refractivity contribution in [2.24, 2.45) is 0 Å². The Balaban J connectivity index is 3.67. The van der Waals surface area contributed by atoms with Crippen LogP contribution in [0.25, 0.3) is 0 Å². The summed E-state index contributed by atoms with van der Waals surface area (Å²) < 4.78 is 24.1. The van der Waals surface area contributed by atoms with E-state index in [1.165, 1.54) is 57.8 Å². The van der Waals surface area contributed by atoms with Gasteiger partial charge in [0.2, 0.25) is 0 Å². The van der Waals surface area contributed by atoms with Gasteiger partial charge >= 0.3 is 7.60 Å². The molecule has 0 rings (SSSR count). The van der Waals surface area contributed by atoms with Gasteiger partial charge in [0.15, 0.2) is 0 Å². The molecule has 0 heterocycles. The van der Waals surface area contributed by atoms with Crippen LogP contribution in [0.2, 0.25) is 0 Å². The summed E-state index contributed by atoms with van der Waals surface area (Å²) in [5.74, 6) is 0. The number of rotatable bonds is 20. The fraction of sp³-hybridized carbons (Fsp3) is 1.00. The van der Waals surface area contributed by atoms with Crippen LogP contribution in [0.4, 0.5) is 0 Å². The monoisotopic (exact) mass is 376 g/mol. The first kappa shape index (κ1) is 25.1. The minimum Gasteiger partial charge on any atom is -0.309 e. The van der Waals surface area contributed by atoms with Crippen LogP contribution < -0.4 is 0 Å². The van der Waals surface area contributed by atoms with Gasteiger partial charge in [0.05, 0.1) is 19.4 Å². The molecule has 0 aliphatic carbocycles. The molecule has 1 unspecified atom stereocenters. The Morgan fingerprint density at radius 2 is 0.880 bits per heavy atom. The second kappa shape index (κ2) is 18.9. The Morgan fingerprint density at radius 1 is 0.520 bits per heavy atom. The van der Waals surface area contributed by atoms with Gasteiger partial charge < -0.3 is 9.05 Å². The van der Waals surface area contributed by atoms with Gasteiger partial charge in [-0.25, -0.2) is 0 Å². The van der Waals surface area contributed by atoms with Gasteiger partial charge in [0.1, 0.15) is 0 Å². The predicted molar refractivity (Wildman–Crippen MR) is 111 cm³/mol. The molecule has 0 saturated heterocycles. The summed E-state index contributed by atoms with van der Waals surface area (Å²) in [6.07, 6.45) is 18.8. The van der Waals surface area contributed by atoms with Gasteiger partial charge in [-0.15, -0.1) is 0 Å². The fourth-order valence-corrected chi connectivity index (χ4v) is 4.72. The molecule has 0 aromatic carbocycles. The third kappa shape index (κ3) is 17.3. The highest BCUT2D eigenvalue weighted by Crippen LogP contribution is 2.49. The molecule has 0 N–H and O–H groups in total. The minimum absolute atomic E-state index is 0.576. The molecular weight excluding hydrogens is 331 g/mol. The van der Waals surface area contributed by atoms with E-state index in [4.69, 9.17) is 9.05 Å². The first-order valence-corrected chi connectivity index (χ1v) is 12.8. The molecule has 0 aromatic rings. The van der Waals surface area contributed by atoms with Crippen molar-refractivity contribution in [1.29, 1.82) is 0 Å². The molecule has 3 nitrogen and oxygen atoms in total. The number of hydrogen-bond acceptors (Lipinski definition) is 3. The van der Waals surface area contributed by atoms with Crippen LogP contribution in [0, 0.1) is 0 Å². The van der Waals surface area contributed by atoms with E-state index in [2.05, 4.69) is 20.8 Å². The molecular formula is C21H45O3P. The van der Waals surface area contributed by atoms with E-state index < -0.39 is 7.60 Å². The van der Waals surface area contributed by atoms with Crippen LogP contribution in [-0.4, -0.2) is 19.4 Å². The normalized spacial score (nSPS) is 13.9. The standard InChI is InChI=1S/C21H45O3P/c1-4-7-10-11-12-13-14-15-16-18-20-24-25(22,21-9-6-3)23-19-17-8-5-2/h4-21H2,1-3H3. The first-order chi connectivity index (χ1) is 12.2. The van der Waals surface area contributed by atoms with Gasteiger partial charge in [0, 0.05) is 0 Å². The molecule has 0 aromatic heterocycles. The Morgan fingerprint density at radius 3 is 1.36 bits per heavy atom. The van der Waals surface area contributed by atoms with Crippen LogP contribution >= 0.6 is 7.60 Å². The molecule has 0 saturated carbocycles. The summed E-state index contributed by atoms with van der Waals surface area (Å²) in [5.41, 5.74) is 0. The molecule has 0 spiro atoms. The first-order valence-electron chi connectivity index (χ1n) is 11.1. The minimum atomic E-state index is -2.85. The fourth-order valence-electron chi connectivity index (χ4n) is 2.87. The third-order valence-electron chi connectivity index (χ3n) is 4.61. The van der Waals surface area contributed by atoms with E-state index in [-0.39, 0.29) is 0 Å². The van der Waals surface area contributed by atoms with Crippen molar-refractivity contribution < 1.29 is 13.6 Å². The largest absolute Gasteiger partial charge is 0.330 e. The van der Waals surface area contributed by atoms with Gasteiger partial charge in [-0.1, -0.05) is 97.8 Å². The zero-order chi connectivity index (χ0) is 18.6. The Kier molecular flexibility index (Phi) is 19.0. The molecule has 152 valence electrons. The SMILES string of the molecule is CCCCCCCCCCCCOP(=O)(CCCC)OCCCCC. The van der Waals surface area contributed by atoms with Crippen LogP contribution in [0.3, 0.4) is 0 Å². The lowest BCUT2D eigenvalue weighted by Crippen LogP contribution is -2.03. The van der Waals surface area contributed by atoms with Crippen molar-refractivity contribution >= 4 is 7.60 Å². The van der Waals surface area contributed by atoms with E-state index in [0.717, 1.165) is 38.5 Å². The van der Waals surface area contributed by atoms with E-state index in [1.54, 1.807) is 0 Å². The van der Waals surface area contributed by atoms with Gasteiger partial charge in [-0.2, -0.15) is 0 Å². The summed E-state index contributed by atoms with van der Waals surface area (Å²) in [5, 5.41) is 0. The maximum atomic E-state index is 12.8. The summed E-state index contributed by atoms with van der Waals surface area (Å²) in [6.45, 7) is 7.71. The van der Waals surface area contributed by atoms with E-state index in [1.807, 2.05) is 0 Å². The summed E-state index contributed by atoms with van der Waals surface area (Å²) in [6, 6.07) is 0. The molecule has 0 aliphatic heterocycles. The highest BCUT2D eigenvalue weighted by atomic mass is 31.2. The van der Waals surface area contributed by atoms with Gasteiger partial charge in [0.25, 0.3) is 0 Å². The van der Waals surface area contributed by atoms with Crippen LogP contribution in [0.5, 0.6) is 0 Å². The molecule has 1 atom stereocenters. The smallest absolute Gasteiger partial charge is 0.309 e. The summed E-state index contributed by atoms with van der Waals surface area (Å²) >= 11 is 0. The van der Waals surface area contributed by atoms with Crippen molar-refractivity contribution in [2.75, 3.05) is 19.4 Å². The maximum absolute atomic E-state index is 12.8. The molecule has 0 radical (unpaired) electrons. The molecule has 25 heavy (non-hydrogen) atoms. The summed E-state index contributed by atoms with van der Waals surface area (Å²) in [7, 11) is -2.85. The molecule has 0 fully saturated rings. The van der Waals surface area contributed by atoms with E-state index in [0.29, 0.717) is 19.4 Å². The van der Waals surface area contributed by atoms with Crippen molar-refractivity contribution in [3.63, 3.8) is 0 Å². The Bertz CT molecular complexity index is 308. The van der Waals surface area contributed by atoms with Crippen molar-refractivity contribution in [2.45, 2.75) is 117 Å². The van der Waals surface area contributed by atoms with Crippen LogP contribution in [0.1, 0.15) is 117 Å². The number of unbranched alkanes of at least 4 members (excludes halogenated alkanes) is 12. The van der Waals surface area contributed by atoms with E-state index in [9.17, 15) is 4.57 Å². The maximum Gasteiger partial charge on any atom is 0.330 e. The summed E-state index contributed by atoms with van der Waals surface area (Å²) in [4.78, 5) is 0. The highest BCUT2D eigenvalue weighted by Gasteiger charge is 2.23. The highest BCUT2D eigenvalue weighted by molar-refractivity contribution is 7.53. The van der Waals surface area contributed by atoms with E-state index >= 15 is 0 Å². The number of hydrogen-bond donors (Lipinski definition) is 0. The van der Waals surface area contributed by atoms with Crippen LogP contribution in [-0.2, 0) is 13.6 Å². The zero-order valence-electron chi connectivity index (χ0n) is 17.4. The molecule has 0 bridgehead atoms. The lowest BCUT2D eigenvalue weighted by atomic mass is 10.1. The Hall–Kier alpha value is 0.150. The zero-order valence-corrected chi connectivity index (χ0v) is 18.3. The predicted octanol–water partition coefficient (Wildman–Crippen LogP) is 8.12. The molecule has 0 aliphatic rings. The average molecular weight is 377 g/mol. The van der Waals surface area contributed by atoms with Crippen LogP contribution in [0.15, 0.2) is 0 Å². The molecule has 4 heteroatoms. The topological polar surface area (TPSA) is 35.5 Å². The van der Waals surface area contributed by atoms with Crippen molar-refractivity contribution in [3.05, 3.63) is 0 Å². The second-order valence-corrected chi connectivity index (χ2v) is 9.43. The van der Waals surface area contributed by atoms with Crippen molar-refractivity contribution in [3.8, 4) is 0 Å². The quantitative estimate of drug-likeness (QED) is 0.159. The Labute approximate surface area is 158 Å². The lowest BCUT2D eigenvalue weighted by Gasteiger charge is -2.18. The average Bonchev–Trinajstić information content (AvgIpc) is 2.62. The second-order valence-electron chi connectivity index (χ2n) is 7.24. The lowest BCUT2D eigenvalue weighted by molar-refractivity contribution is 0.197. The van der Waals surface area contributed by atoms with Gasteiger partial charge in [-0.3, -0.25) is 4.57 Å².